The number of ketones is 1. The number of nitrogens with zero attached hydrogens (tertiary/aromatic N) is 2. The number of hydrogen-bond donors (Lipinski definition) is 0. The Hall–Kier alpha value is -3.64. The van der Waals surface area contributed by atoms with Gasteiger partial charge in [-0.3, -0.25) is 14.5 Å². The third-order valence-electron chi connectivity index (χ3n) is 6.55. The molecule has 0 spiro atoms. The van der Waals surface area contributed by atoms with E-state index in [0.29, 0.717) is 0 Å². The molecule has 0 N–H and O–H groups in total. The summed E-state index contributed by atoms with van der Waals surface area (Å²) in [5.41, 5.74) is -6.53. The van der Waals surface area contributed by atoms with Gasteiger partial charge in [0.1, 0.15) is 23.6 Å². The number of alkyl halides is 6. The van der Waals surface area contributed by atoms with Gasteiger partial charge in [0.05, 0.1) is 11.1 Å². The molecule has 1 heterocycles. The number of amides is 2. The largest absolute Gasteiger partial charge is 0.444 e. The Labute approximate surface area is 238 Å². The fourth-order valence-corrected chi connectivity index (χ4v) is 4.89. The lowest BCUT2D eigenvalue weighted by Gasteiger charge is -2.39. The van der Waals surface area contributed by atoms with Gasteiger partial charge in [-0.25, -0.2) is 9.18 Å². The Bertz CT molecular complexity index is 1360. The van der Waals surface area contributed by atoms with Gasteiger partial charge in [-0.15, -0.1) is 0 Å². The quantitative estimate of drug-likeness (QED) is 0.276. The molecule has 13 heteroatoms. The zero-order valence-electron chi connectivity index (χ0n) is 24.0. The second kappa shape index (κ2) is 10.9. The maximum Gasteiger partial charge on any atom is 0.416 e. The number of carbonyl (C=O) groups excluding carboxylic acids is 3. The Morgan fingerprint density at radius 1 is 0.833 bits per heavy atom. The molecule has 1 saturated heterocycles. The van der Waals surface area contributed by atoms with Crippen molar-refractivity contribution >= 4 is 17.8 Å². The van der Waals surface area contributed by atoms with Crippen molar-refractivity contribution in [1.82, 2.24) is 9.80 Å². The van der Waals surface area contributed by atoms with Crippen LogP contribution in [-0.4, -0.2) is 52.4 Å². The van der Waals surface area contributed by atoms with Crippen LogP contribution in [0.3, 0.4) is 0 Å². The smallest absolute Gasteiger partial charge is 0.416 e. The second-order valence-corrected chi connectivity index (χ2v) is 12.2. The summed E-state index contributed by atoms with van der Waals surface area (Å²) in [6.45, 7) is 10.2. The summed E-state index contributed by atoms with van der Waals surface area (Å²) in [7, 11) is 1.47. The number of carbonyl (C=O) groups is 3. The molecule has 0 bridgehead atoms. The minimum atomic E-state index is -5.17. The molecule has 3 rings (SSSR count). The van der Waals surface area contributed by atoms with E-state index in [1.54, 1.807) is 41.5 Å². The normalized spacial score (nSPS) is 18.5. The third kappa shape index (κ3) is 7.04. The van der Waals surface area contributed by atoms with Gasteiger partial charge >= 0.3 is 18.4 Å². The van der Waals surface area contributed by atoms with Crippen molar-refractivity contribution in [2.75, 3.05) is 7.05 Å². The average molecular weight is 605 g/mol. The van der Waals surface area contributed by atoms with Gasteiger partial charge in [-0.2, -0.15) is 26.3 Å². The van der Waals surface area contributed by atoms with Crippen molar-refractivity contribution in [2.45, 2.75) is 78.1 Å². The molecular weight excluding hydrogens is 573 g/mol. The van der Waals surface area contributed by atoms with Crippen molar-refractivity contribution in [3.63, 3.8) is 0 Å². The lowest BCUT2D eigenvalue weighted by molar-refractivity contribution is -0.143. The SMILES string of the molecule is CN1C(=O)[C@H](Cc2cc(C(=O)c3cc(C(F)(F)F)cc(C(F)(F)F)c3)ccc2F)N(C(=O)OC(C)(C)C)[C@H]1C(C)(C)C. The molecule has 0 aliphatic carbocycles. The predicted molar refractivity (Wildman–Crippen MR) is 138 cm³/mol. The van der Waals surface area contributed by atoms with Gasteiger partial charge in [0.25, 0.3) is 0 Å². The minimum absolute atomic E-state index is 0.105. The van der Waals surface area contributed by atoms with E-state index in [1.165, 1.54) is 16.8 Å². The molecule has 0 unspecified atom stereocenters. The van der Waals surface area contributed by atoms with Gasteiger partial charge in [0, 0.05) is 30.0 Å². The Morgan fingerprint density at radius 3 is 1.81 bits per heavy atom. The van der Waals surface area contributed by atoms with Crippen LogP contribution in [0.15, 0.2) is 36.4 Å². The molecule has 1 fully saturated rings. The van der Waals surface area contributed by atoms with Gasteiger partial charge < -0.3 is 9.64 Å². The zero-order chi connectivity index (χ0) is 32.2. The highest BCUT2D eigenvalue weighted by Gasteiger charge is 2.52. The second-order valence-electron chi connectivity index (χ2n) is 12.2. The number of rotatable bonds is 4. The van der Waals surface area contributed by atoms with Crippen LogP contribution in [0.5, 0.6) is 0 Å². The van der Waals surface area contributed by atoms with Crippen LogP contribution in [-0.2, 0) is 28.3 Å². The van der Waals surface area contributed by atoms with E-state index in [4.69, 9.17) is 4.74 Å². The minimum Gasteiger partial charge on any atom is -0.444 e. The molecule has 2 atom stereocenters. The molecule has 1 aliphatic heterocycles. The van der Waals surface area contributed by atoms with Crippen LogP contribution in [0, 0.1) is 11.2 Å². The summed E-state index contributed by atoms with van der Waals surface area (Å²) in [4.78, 5) is 42.2. The molecule has 230 valence electrons. The first-order chi connectivity index (χ1) is 18.9. The molecule has 2 aromatic rings. The van der Waals surface area contributed by atoms with Crippen LogP contribution in [0.25, 0.3) is 0 Å². The van der Waals surface area contributed by atoms with Crippen LogP contribution in [0.2, 0.25) is 0 Å². The number of hydrogen-bond acceptors (Lipinski definition) is 4. The van der Waals surface area contributed by atoms with E-state index in [9.17, 15) is 40.7 Å². The van der Waals surface area contributed by atoms with Gasteiger partial charge in [-0.1, -0.05) is 20.8 Å². The lowest BCUT2D eigenvalue weighted by Crippen LogP contribution is -2.52. The average Bonchev–Trinajstić information content (AvgIpc) is 3.08. The van der Waals surface area contributed by atoms with Crippen LogP contribution < -0.4 is 0 Å². The Morgan fingerprint density at radius 2 is 1.36 bits per heavy atom. The Kier molecular flexibility index (Phi) is 8.52. The lowest BCUT2D eigenvalue weighted by atomic mass is 9.91. The first kappa shape index (κ1) is 32.9. The van der Waals surface area contributed by atoms with Gasteiger partial charge in [0.15, 0.2) is 5.78 Å². The molecule has 0 saturated carbocycles. The predicted octanol–water partition coefficient (Wildman–Crippen LogP) is 7.09. The number of likely N-dealkylation sites (N-methyl/N-ethyl adjacent to an activating group) is 1. The molecule has 1 aliphatic rings. The third-order valence-corrected chi connectivity index (χ3v) is 6.55. The maximum absolute atomic E-state index is 15.0. The highest BCUT2D eigenvalue weighted by atomic mass is 19.4. The molecular formula is C29H31F7N2O4. The number of ether oxygens (including phenoxy) is 1. The molecule has 0 aromatic heterocycles. The summed E-state index contributed by atoms with van der Waals surface area (Å²) >= 11 is 0. The van der Waals surface area contributed by atoms with E-state index in [0.717, 1.165) is 18.2 Å². The summed E-state index contributed by atoms with van der Waals surface area (Å²) in [6.07, 6.45) is -12.4. The highest BCUT2D eigenvalue weighted by molar-refractivity contribution is 6.09. The van der Waals surface area contributed by atoms with E-state index in [2.05, 4.69) is 0 Å². The molecule has 0 radical (unpaired) electrons. The number of halogens is 7. The van der Waals surface area contributed by atoms with E-state index in [-0.39, 0.29) is 23.8 Å². The summed E-state index contributed by atoms with van der Waals surface area (Å²) < 4.78 is 101. The van der Waals surface area contributed by atoms with Crippen LogP contribution >= 0.6 is 0 Å². The fraction of sp³-hybridized carbons (Fsp3) is 0.483. The van der Waals surface area contributed by atoms with Crippen molar-refractivity contribution in [3.05, 3.63) is 70.0 Å². The van der Waals surface area contributed by atoms with Crippen LogP contribution in [0.4, 0.5) is 35.5 Å². The standard InChI is InChI=1S/C29H31F7N2O4/c1-26(2,3)24-37(7)23(40)21(38(24)25(41)42-27(4,5)6)13-16-10-15(8-9-20(16)30)22(39)17-11-18(28(31,32)33)14-19(12-17)29(34,35)36/h8-12,14,21,24H,13H2,1-7H3/t21-,24-/m0/s1. The van der Waals surface area contributed by atoms with Gasteiger partial charge in [-0.05, 0) is 62.7 Å². The first-order valence-electron chi connectivity index (χ1n) is 12.8. The molecule has 42 heavy (non-hydrogen) atoms. The summed E-state index contributed by atoms with van der Waals surface area (Å²) in [5.74, 6) is -2.67. The monoisotopic (exact) mass is 604 g/mol. The number of benzene rings is 2. The molecule has 6 nitrogen and oxygen atoms in total. The van der Waals surface area contributed by atoms with E-state index < -0.39 is 87.9 Å². The maximum atomic E-state index is 15.0. The van der Waals surface area contributed by atoms with Crippen molar-refractivity contribution < 1.29 is 49.9 Å². The fourth-order valence-electron chi connectivity index (χ4n) is 4.89. The molecule has 2 amide bonds. The zero-order valence-corrected chi connectivity index (χ0v) is 24.0. The summed E-state index contributed by atoms with van der Waals surface area (Å²) in [6, 6.07) is 1.88. The Balaban J connectivity index is 2.07. The van der Waals surface area contributed by atoms with Crippen molar-refractivity contribution in [1.29, 1.82) is 0 Å². The first-order valence-corrected chi connectivity index (χ1v) is 12.8. The molecule has 2 aromatic carbocycles. The topological polar surface area (TPSA) is 66.9 Å². The van der Waals surface area contributed by atoms with E-state index in [1.807, 2.05) is 0 Å². The van der Waals surface area contributed by atoms with Crippen LogP contribution in [0.1, 0.15) is 74.2 Å². The van der Waals surface area contributed by atoms with Crippen molar-refractivity contribution in [3.8, 4) is 0 Å². The highest BCUT2D eigenvalue weighted by Crippen LogP contribution is 2.38. The van der Waals surface area contributed by atoms with Crippen molar-refractivity contribution in [2.24, 2.45) is 5.41 Å². The van der Waals surface area contributed by atoms with Gasteiger partial charge in [0.2, 0.25) is 5.91 Å². The van der Waals surface area contributed by atoms with E-state index >= 15 is 4.39 Å². The summed E-state index contributed by atoms with van der Waals surface area (Å²) in [5, 5.41) is 0.